The summed E-state index contributed by atoms with van der Waals surface area (Å²) in [5.74, 6) is -2.24. The number of hydrogen-bond donors (Lipinski definition) is 1. The maximum Gasteiger partial charge on any atom is 0.338 e. The number of esters is 2. The number of carbonyl (C=O) groups is 2. The van der Waals surface area contributed by atoms with E-state index in [0.29, 0.717) is 22.3 Å². The Morgan fingerprint density at radius 2 is 1.39 bits per heavy atom. The van der Waals surface area contributed by atoms with Gasteiger partial charge in [-0.1, -0.05) is 73.3 Å². The summed E-state index contributed by atoms with van der Waals surface area (Å²) in [6, 6.07) is 24.9. The van der Waals surface area contributed by atoms with E-state index in [1.165, 1.54) is 19.2 Å². The van der Waals surface area contributed by atoms with E-state index < -0.39 is 58.2 Å². The molecule has 1 aliphatic rings. The molecule has 6 atom stereocenters. The van der Waals surface area contributed by atoms with E-state index in [0.717, 1.165) is 0 Å². The van der Waals surface area contributed by atoms with Gasteiger partial charge in [-0.3, -0.25) is 0 Å². The van der Waals surface area contributed by atoms with Crippen LogP contribution in [0.5, 0.6) is 0 Å². The molecule has 10 heteroatoms. The summed E-state index contributed by atoms with van der Waals surface area (Å²) in [5.41, 5.74) is 1.64. The average Bonchev–Trinajstić information content (AvgIpc) is 3.37. The van der Waals surface area contributed by atoms with Crippen molar-refractivity contribution in [3.63, 3.8) is 0 Å². The van der Waals surface area contributed by atoms with Gasteiger partial charge in [0.05, 0.1) is 46.2 Å². The fourth-order valence-corrected chi connectivity index (χ4v) is 7.17. The second-order valence-electron chi connectivity index (χ2n) is 11.3. The molecule has 1 N–H and O–H groups in total. The lowest BCUT2D eigenvalue weighted by atomic mass is 9.90. The first-order valence-electron chi connectivity index (χ1n) is 15.0. The molecule has 3 aromatic carbocycles. The number of rotatable bonds is 15. The van der Waals surface area contributed by atoms with Crippen LogP contribution >= 0.6 is 0 Å². The second kappa shape index (κ2) is 16.0. The first-order valence-corrected chi connectivity index (χ1v) is 16.6. The Labute approximate surface area is 270 Å². The van der Waals surface area contributed by atoms with Gasteiger partial charge in [0.1, 0.15) is 12.7 Å². The normalized spacial score (nSPS) is 20.8. The minimum atomic E-state index is -3.79. The lowest BCUT2D eigenvalue weighted by Gasteiger charge is -2.26. The molecule has 3 unspecified atom stereocenters. The summed E-state index contributed by atoms with van der Waals surface area (Å²) in [4.78, 5) is 26.0. The number of aliphatic hydroxyl groups excluding tert-OH is 1. The minimum absolute atomic E-state index is 0.0229. The van der Waals surface area contributed by atoms with E-state index >= 15 is 0 Å². The van der Waals surface area contributed by atoms with Crippen molar-refractivity contribution in [1.82, 2.24) is 0 Å². The molecule has 46 heavy (non-hydrogen) atoms. The van der Waals surface area contributed by atoms with E-state index in [-0.39, 0.29) is 30.1 Å². The zero-order valence-corrected chi connectivity index (χ0v) is 26.8. The van der Waals surface area contributed by atoms with Gasteiger partial charge >= 0.3 is 11.9 Å². The predicted molar refractivity (Wildman–Crippen MR) is 173 cm³/mol. The quantitative estimate of drug-likeness (QED) is 0.175. The van der Waals surface area contributed by atoms with Gasteiger partial charge in [0.15, 0.2) is 9.84 Å². The highest BCUT2D eigenvalue weighted by molar-refractivity contribution is 7.91. The van der Waals surface area contributed by atoms with Crippen molar-refractivity contribution in [1.29, 1.82) is 0 Å². The lowest BCUT2D eigenvalue weighted by molar-refractivity contribution is -0.0560. The van der Waals surface area contributed by atoms with E-state index in [9.17, 15) is 23.1 Å². The monoisotopic (exact) mass is 648 g/mol. The third kappa shape index (κ3) is 9.01. The molecule has 9 nitrogen and oxygen atoms in total. The van der Waals surface area contributed by atoms with Gasteiger partial charge < -0.3 is 24.1 Å². The topological polar surface area (TPSA) is 125 Å². The number of methoxy groups -OCH3 is 1. The number of ether oxygens (including phenoxy) is 4. The maximum absolute atomic E-state index is 13.5. The number of benzene rings is 3. The highest BCUT2D eigenvalue weighted by atomic mass is 32.2. The molecular formula is C36H40O9S. The molecule has 0 amide bonds. The fraction of sp³-hybridized carbons (Fsp3) is 0.333. The summed E-state index contributed by atoms with van der Waals surface area (Å²) < 4.78 is 50.7. The third-order valence-electron chi connectivity index (χ3n) is 8.00. The van der Waals surface area contributed by atoms with E-state index in [4.69, 9.17) is 18.9 Å². The van der Waals surface area contributed by atoms with Gasteiger partial charge in [-0.2, -0.15) is 0 Å². The zero-order chi connectivity index (χ0) is 33.3. The molecule has 1 fully saturated rings. The Bertz CT molecular complexity index is 1590. The first kappa shape index (κ1) is 34.8. The van der Waals surface area contributed by atoms with Gasteiger partial charge in [-0.15, -0.1) is 0 Å². The van der Waals surface area contributed by atoms with Crippen LogP contribution in [0.1, 0.15) is 40.5 Å². The molecule has 4 rings (SSSR count). The van der Waals surface area contributed by atoms with Crippen molar-refractivity contribution < 1.29 is 42.1 Å². The van der Waals surface area contributed by atoms with Crippen LogP contribution in [0.4, 0.5) is 0 Å². The number of hydrogen-bond acceptors (Lipinski definition) is 9. The van der Waals surface area contributed by atoms with E-state index in [2.05, 4.69) is 13.2 Å². The van der Waals surface area contributed by atoms with Crippen molar-refractivity contribution in [2.75, 3.05) is 19.5 Å². The second-order valence-corrected chi connectivity index (χ2v) is 13.4. The molecule has 0 radical (unpaired) electrons. The molecule has 0 bridgehead atoms. The highest BCUT2D eigenvalue weighted by Gasteiger charge is 2.48. The van der Waals surface area contributed by atoms with E-state index in [1.807, 2.05) is 0 Å². The molecule has 1 saturated heterocycles. The summed E-state index contributed by atoms with van der Waals surface area (Å²) in [6.07, 6.45) is -4.26. The SMILES string of the molecule is C=C(C)C(=C)C(O)C[C@@H]1O[C@H](CC(COC(=O)c2ccccc2)OC(=O)c2ccccc2)[C@H](OC)C1CS(=O)(=O)c1ccccc1. The van der Waals surface area contributed by atoms with Crippen LogP contribution in [-0.4, -0.2) is 75.5 Å². The molecular weight excluding hydrogens is 608 g/mol. The van der Waals surface area contributed by atoms with Gasteiger partial charge in [0.25, 0.3) is 0 Å². The van der Waals surface area contributed by atoms with E-state index in [1.54, 1.807) is 85.8 Å². The number of aliphatic hydroxyl groups is 1. The van der Waals surface area contributed by atoms with Gasteiger partial charge in [-0.25, -0.2) is 18.0 Å². The Morgan fingerprint density at radius 1 is 0.848 bits per heavy atom. The molecule has 1 aliphatic heterocycles. The summed E-state index contributed by atoms with van der Waals surface area (Å²) in [7, 11) is -2.33. The molecule has 0 aromatic heterocycles. The Hall–Kier alpha value is -4.09. The molecule has 0 saturated carbocycles. The van der Waals surface area contributed by atoms with Crippen molar-refractivity contribution >= 4 is 21.8 Å². The van der Waals surface area contributed by atoms with Crippen LogP contribution in [0.2, 0.25) is 0 Å². The van der Waals surface area contributed by atoms with Crippen molar-refractivity contribution in [2.24, 2.45) is 5.92 Å². The van der Waals surface area contributed by atoms with Crippen molar-refractivity contribution in [3.05, 3.63) is 126 Å². The van der Waals surface area contributed by atoms with Crippen LogP contribution in [0.3, 0.4) is 0 Å². The Kier molecular flexibility index (Phi) is 12.1. The third-order valence-corrected chi connectivity index (χ3v) is 9.81. The standard InChI is InChI=1S/C36H40O9S/c1-24(2)25(3)31(37)21-32-30(23-46(40,41)29-18-12-7-13-19-29)34(42-4)33(45-32)20-28(44-36(39)27-16-10-6-11-17-27)22-43-35(38)26-14-8-5-9-15-26/h5-19,28,30-34,37H,1,3,20-23H2,2,4H3/t28?,30?,31?,32-,33+,34+/m0/s1. The van der Waals surface area contributed by atoms with Gasteiger partial charge in [-0.05, 0) is 48.9 Å². The van der Waals surface area contributed by atoms with Crippen LogP contribution in [0.25, 0.3) is 0 Å². The largest absolute Gasteiger partial charge is 0.458 e. The molecule has 3 aromatic rings. The fourth-order valence-electron chi connectivity index (χ4n) is 5.49. The molecule has 1 heterocycles. The first-order chi connectivity index (χ1) is 22.0. The molecule has 0 spiro atoms. The Morgan fingerprint density at radius 3 is 1.93 bits per heavy atom. The van der Waals surface area contributed by atoms with Crippen LogP contribution in [-0.2, 0) is 28.8 Å². The van der Waals surface area contributed by atoms with Crippen LogP contribution in [0, 0.1) is 5.92 Å². The number of sulfone groups is 1. The summed E-state index contributed by atoms with van der Waals surface area (Å²) in [5, 5.41) is 10.9. The zero-order valence-electron chi connectivity index (χ0n) is 26.0. The molecule has 244 valence electrons. The van der Waals surface area contributed by atoms with Crippen molar-refractivity contribution in [3.8, 4) is 0 Å². The average molecular weight is 649 g/mol. The Balaban J connectivity index is 1.60. The van der Waals surface area contributed by atoms with Crippen LogP contribution < -0.4 is 0 Å². The van der Waals surface area contributed by atoms with Crippen molar-refractivity contribution in [2.45, 2.75) is 55.2 Å². The van der Waals surface area contributed by atoms with Crippen LogP contribution in [0.15, 0.2) is 120 Å². The van der Waals surface area contributed by atoms with Gasteiger partial charge in [0, 0.05) is 25.9 Å². The minimum Gasteiger partial charge on any atom is -0.458 e. The maximum atomic E-state index is 13.5. The summed E-state index contributed by atoms with van der Waals surface area (Å²) >= 11 is 0. The number of carbonyl (C=O) groups excluding carboxylic acids is 2. The smallest absolute Gasteiger partial charge is 0.338 e. The van der Waals surface area contributed by atoms with Gasteiger partial charge in [0.2, 0.25) is 0 Å². The lowest BCUT2D eigenvalue weighted by Crippen LogP contribution is -2.38. The highest BCUT2D eigenvalue weighted by Crippen LogP contribution is 2.37. The molecule has 0 aliphatic carbocycles. The predicted octanol–water partition coefficient (Wildman–Crippen LogP) is 5.21. The summed E-state index contributed by atoms with van der Waals surface area (Å²) in [6.45, 7) is 9.21.